The molecule has 0 saturated carbocycles. The summed E-state index contributed by atoms with van der Waals surface area (Å²) in [5.41, 5.74) is 3.39. The van der Waals surface area contributed by atoms with E-state index in [0.717, 1.165) is 11.1 Å². The maximum atomic E-state index is 13.1. The lowest BCUT2D eigenvalue weighted by molar-refractivity contribution is 0.0696. The van der Waals surface area contributed by atoms with E-state index in [1.807, 2.05) is 29.2 Å². The van der Waals surface area contributed by atoms with E-state index in [4.69, 9.17) is 14.2 Å². The summed E-state index contributed by atoms with van der Waals surface area (Å²) >= 11 is 3.55. The third-order valence-electron chi connectivity index (χ3n) is 5.66. The summed E-state index contributed by atoms with van der Waals surface area (Å²) in [6, 6.07) is 15.3. The predicted molar refractivity (Wildman–Crippen MR) is 135 cm³/mol. The van der Waals surface area contributed by atoms with Gasteiger partial charge in [0.25, 0.3) is 0 Å². The van der Waals surface area contributed by atoms with Crippen LogP contribution < -0.4 is 19.7 Å². The Bertz CT molecular complexity index is 1180. The molecule has 0 aliphatic carbocycles. The normalized spacial score (nSPS) is 13.4. The number of morpholine rings is 1. The maximum Gasteiger partial charge on any atom is 0.337 e. The number of carboxylic acids is 1. The number of hydrogen-bond donors (Lipinski definition) is 2. The average molecular weight is 545 g/mol. The summed E-state index contributed by atoms with van der Waals surface area (Å²) in [4.78, 5) is 13.9. The lowest BCUT2D eigenvalue weighted by atomic mass is 10.1. The second kappa shape index (κ2) is 11.4. The first kappa shape index (κ1) is 24.8. The number of nitrogens with zero attached hydrogens (tertiary/aromatic N) is 1. The number of aromatic carboxylic acids is 1. The Balaban J connectivity index is 1.46. The zero-order chi connectivity index (χ0) is 24.8. The fraction of sp³-hybridized carbons (Fsp3) is 0.269. The van der Waals surface area contributed by atoms with E-state index in [1.54, 1.807) is 25.3 Å². The molecule has 2 N–H and O–H groups in total. The second-order valence-corrected chi connectivity index (χ2v) is 8.87. The van der Waals surface area contributed by atoms with Crippen LogP contribution in [0.5, 0.6) is 11.5 Å². The van der Waals surface area contributed by atoms with Crippen molar-refractivity contribution < 1.29 is 28.5 Å². The van der Waals surface area contributed by atoms with Crippen LogP contribution in [0.15, 0.2) is 59.1 Å². The topological polar surface area (TPSA) is 80.3 Å². The Hall–Kier alpha value is -3.30. The molecule has 0 amide bonds. The molecule has 7 nitrogen and oxygen atoms in total. The molecule has 0 atom stereocenters. The summed E-state index contributed by atoms with van der Waals surface area (Å²) in [5.74, 6) is -0.173. The van der Waals surface area contributed by atoms with Crippen LogP contribution in [0, 0.1) is 5.82 Å². The molecular weight excluding hydrogens is 519 g/mol. The van der Waals surface area contributed by atoms with Gasteiger partial charge in [-0.2, -0.15) is 0 Å². The summed E-state index contributed by atoms with van der Waals surface area (Å²) in [7, 11) is 1.56. The zero-order valence-corrected chi connectivity index (χ0v) is 20.8. The van der Waals surface area contributed by atoms with Crippen LogP contribution in [0.3, 0.4) is 0 Å². The van der Waals surface area contributed by atoms with Crippen LogP contribution in [0.2, 0.25) is 0 Å². The molecule has 35 heavy (non-hydrogen) atoms. The number of carboxylic acid groups (broad SMARTS) is 1. The van der Waals surface area contributed by atoms with Gasteiger partial charge in [-0.25, -0.2) is 9.18 Å². The number of anilines is 2. The van der Waals surface area contributed by atoms with Gasteiger partial charge in [0.1, 0.15) is 12.4 Å². The lowest BCUT2D eigenvalue weighted by Crippen LogP contribution is -2.37. The van der Waals surface area contributed by atoms with Gasteiger partial charge in [-0.15, -0.1) is 0 Å². The van der Waals surface area contributed by atoms with Gasteiger partial charge in [0.15, 0.2) is 11.5 Å². The molecule has 0 spiro atoms. The predicted octanol–water partition coefficient (Wildman–Crippen LogP) is 5.32. The number of rotatable bonds is 9. The van der Waals surface area contributed by atoms with Crippen molar-refractivity contribution in [3.63, 3.8) is 0 Å². The average Bonchev–Trinajstić information content (AvgIpc) is 2.87. The number of nitrogens with one attached hydrogen (secondary N) is 1. The minimum absolute atomic E-state index is 0.250. The number of carbonyl (C=O) groups is 1. The minimum atomic E-state index is -0.970. The first-order valence-corrected chi connectivity index (χ1v) is 11.9. The largest absolute Gasteiger partial charge is 0.493 e. The summed E-state index contributed by atoms with van der Waals surface area (Å²) < 4.78 is 30.7. The van der Waals surface area contributed by atoms with Crippen LogP contribution >= 0.6 is 15.9 Å². The van der Waals surface area contributed by atoms with Gasteiger partial charge in [-0.1, -0.05) is 12.1 Å². The van der Waals surface area contributed by atoms with Gasteiger partial charge in [-0.05, 0) is 69.5 Å². The highest BCUT2D eigenvalue weighted by atomic mass is 79.9. The maximum absolute atomic E-state index is 13.1. The molecule has 1 aliphatic rings. The zero-order valence-electron chi connectivity index (χ0n) is 19.2. The standard InChI is InChI=1S/C26H26BrFN2O5/c1-33-24-13-18(12-22(27)25(24)35-16-17-2-4-19(28)5-3-17)15-29-20-6-7-23(21(14-20)26(31)32)30-8-10-34-11-9-30/h2-7,12-14,29H,8-11,15-16H2,1H3,(H,31,32). The van der Waals surface area contributed by atoms with Gasteiger partial charge >= 0.3 is 5.97 Å². The second-order valence-electron chi connectivity index (χ2n) is 8.01. The molecule has 9 heteroatoms. The fourth-order valence-electron chi connectivity index (χ4n) is 3.85. The monoisotopic (exact) mass is 544 g/mol. The highest BCUT2D eigenvalue weighted by Gasteiger charge is 2.19. The van der Waals surface area contributed by atoms with E-state index in [1.165, 1.54) is 12.1 Å². The van der Waals surface area contributed by atoms with Crippen molar-refractivity contribution in [1.29, 1.82) is 0 Å². The van der Waals surface area contributed by atoms with Gasteiger partial charge in [-0.3, -0.25) is 0 Å². The van der Waals surface area contributed by atoms with E-state index in [-0.39, 0.29) is 18.0 Å². The minimum Gasteiger partial charge on any atom is -0.493 e. The SMILES string of the molecule is COc1cc(CNc2ccc(N3CCOCC3)c(C(=O)O)c2)cc(Br)c1OCc1ccc(F)cc1. The van der Waals surface area contributed by atoms with Crippen molar-refractivity contribution in [2.75, 3.05) is 43.6 Å². The molecule has 0 radical (unpaired) electrons. The molecule has 0 aromatic heterocycles. The molecule has 0 unspecified atom stereocenters. The van der Waals surface area contributed by atoms with Gasteiger partial charge in [0, 0.05) is 25.3 Å². The molecular formula is C26H26BrFN2O5. The highest BCUT2D eigenvalue weighted by Crippen LogP contribution is 2.37. The molecule has 0 bridgehead atoms. The Labute approximate surface area is 211 Å². The molecule has 4 rings (SSSR count). The molecule has 3 aromatic rings. The molecule has 184 valence electrons. The van der Waals surface area contributed by atoms with E-state index in [9.17, 15) is 14.3 Å². The van der Waals surface area contributed by atoms with Crippen LogP contribution in [0.1, 0.15) is 21.5 Å². The quantitative estimate of drug-likeness (QED) is 0.377. The third-order valence-corrected chi connectivity index (χ3v) is 6.25. The Morgan fingerprint density at radius 2 is 1.86 bits per heavy atom. The van der Waals surface area contributed by atoms with Gasteiger partial charge in [0.2, 0.25) is 0 Å². The molecule has 1 heterocycles. The van der Waals surface area contributed by atoms with E-state index < -0.39 is 5.97 Å². The van der Waals surface area contributed by atoms with Crippen LogP contribution in [0.25, 0.3) is 0 Å². The van der Waals surface area contributed by atoms with E-state index in [2.05, 4.69) is 21.2 Å². The van der Waals surface area contributed by atoms with Crippen molar-refractivity contribution in [1.82, 2.24) is 0 Å². The number of ether oxygens (including phenoxy) is 3. The fourth-order valence-corrected chi connectivity index (χ4v) is 4.46. The number of halogens is 2. The molecule has 1 fully saturated rings. The highest BCUT2D eigenvalue weighted by molar-refractivity contribution is 9.10. The first-order chi connectivity index (χ1) is 16.9. The molecule has 3 aromatic carbocycles. The van der Waals surface area contributed by atoms with Crippen LogP contribution in [0.4, 0.5) is 15.8 Å². The summed E-state index contributed by atoms with van der Waals surface area (Å²) in [5, 5.41) is 13.0. The smallest absolute Gasteiger partial charge is 0.337 e. The third kappa shape index (κ3) is 6.23. The number of hydrogen-bond acceptors (Lipinski definition) is 6. The molecule has 1 aliphatic heterocycles. The lowest BCUT2D eigenvalue weighted by Gasteiger charge is -2.30. The van der Waals surface area contributed by atoms with Crippen LogP contribution in [-0.4, -0.2) is 44.5 Å². The van der Waals surface area contributed by atoms with Crippen molar-refractivity contribution in [3.05, 3.63) is 81.6 Å². The van der Waals surface area contributed by atoms with Crippen molar-refractivity contribution in [3.8, 4) is 11.5 Å². The Morgan fingerprint density at radius 3 is 2.54 bits per heavy atom. The van der Waals surface area contributed by atoms with Crippen molar-refractivity contribution >= 4 is 33.3 Å². The summed E-state index contributed by atoms with van der Waals surface area (Å²) in [6.45, 7) is 3.20. The van der Waals surface area contributed by atoms with Crippen molar-refractivity contribution in [2.45, 2.75) is 13.2 Å². The first-order valence-electron chi connectivity index (χ1n) is 11.1. The Kier molecular flexibility index (Phi) is 8.09. The van der Waals surface area contributed by atoms with Gasteiger partial charge < -0.3 is 29.5 Å². The van der Waals surface area contributed by atoms with Crippen LogP contribution in [-0.2, 0) is 17.9 Å². The number of benzene rings is 3. The van der Waals surface area contributed by atoms with E-state index >= 15 is 0 Å². The molecule has 1 saturated heterocycles. The van der Waals surface area contributed by atoms with Gasteiger partial charge in [0.05, 0.1) is 36.0 Å². The number of methoxy groups -OCH3 is 1. The van der Waals surface area contributed by atoms with Crippen molar-refractivity contribution in [2.24, 2.45) is 0 Å². The summed E-state index contributed by atoms with van der Waals surface area (Å²) in [6.07, 6.45) is 0. The van der Waals surface area contributed by atoms with E-state index in [0.29, 0.717) is 60.2 Å². The Morgan fingerprint density at radius 1 is 1.11 bits per heavy atom.